The minimum atomic E-state index is -3.85. The lowest BCUT2D eigenvalue weighted by Crippen LogP contribution is -2.52. The summed E-state index contributed by atoms with van der Waals surface area (Å²) in [7, 11) is 2.68. The van der Waals surface area contributed by atoms with E-state index in [-0.39, 0.29) is 29.1 Å². The number of anilines is 1. The Morgan fingerprint density at radius 1 is 1.00 bits per heavy atom. The lowest BCUT2D eigenvalue weighted by molar-refractivity contribution is -0.143. The van der Waals surface area contributed by atoms with E-state index >= 15 is 0 Å². The normalized spacial score (nSPS) is 20.9. The molecule has 1 saturated heterocycles. The van der Waals surface area contributed by atoms with Crippen molar-refractivity contribution in [3.05, 3.63) is 65.2 Å². The standard InChI is InChI=1S/C27H32N4O6S/c1-6-30-21-14-8-7-13-20(21)27(26(30)35)22(24(33)25(34)31(27)16-10-15-28(2)3)23(32)18-11-9-12-19(17-18)38(36,37)29(4)5/h7-9,11-14,17,32H,6,10,15-16H2,1-5H3/t27-/m1/s1. The number of nitrogens with zero attached hydrogens (tertiary/aromatic N) is 4. The quantitative estimate of drug-likeness (QED) is 0.308. The van der Waals surface area contributed by atoms with Crippen LogP contribution in [0.4, 0.5) is 5.69 Å². The van der Waals surface area contributed by atoms with E-state index in [2.05, 4.69) is 0 Å². The van der Waals surface area contributed by atoms with E-state index in [9.17, 15) is 27.9 Å². The molecular formula is C27H32N4O6S. The molecule has 2 amide bonds. The fourth-order valence-electron chi connectivity index (χ4n) is 5.18. The second-order valence-electron chi connectivity index (χ2n) is 9.76. The number of para-hydroxylation sites is 1. The summed E-state index contributed by atoms with van der Waals surface area (Å²) < 4.78 is 26.5. The molecule has 2 aromatic rings. The number of Topliss-reactive ketones (excluding diaryl/α,β-unsaturated/α-hetero) is 1. The van der Waals surface area contributed by atoms with E-state index in [0.717, 1.165) is 4.31 Å². The number of likely N-dealkylation sites (tertiary alicyclic amines) is 1. The van der Waals surface area contributed by atoms with Crippen LogP contribution in [0.5, 0.6) is 0 Å². The zero-order valence-corrected chi connectivity index (χ0v) is 22.9. The fourth-order valence-corrected chi connectivity index (χ4v) is 6.13. The number of sulfonamides is 1. The van der Waals surface area contributed by atoms with Crippen LogP contribution in [0.25, 0.3) is 5.76 Å². The number of rotatable bonds is 8. The van der Waals surface area contributed by atoms with Crippen LogP contribution < -0.4 is 4.90 Å². The van der Waals surface area contributed by atoms with Gasteiger partial charge in [-0.05, 0) is 52.2 Å². The molecule has 11 heteroatoms. The second kappa shape index (κ2) is 9.97. The summed E-state index contributed by atoms with van der Waals surface area (Å²) >= 11 is 0. The number of likely N-dealkylation sites (N-methyl/N-ethyl adjacent to an activating group) is 1. The summed E-state index contributed by atoms with van der Waals surface area (Å²) in [6.45, 7) is 2.79. The molecular weight excluding hydrogens is 508 g/mol. The maximum absolute atomic E-state index is 14.2. The number of hydrogen-bond donors (Lipinski definition) is 1. The molecule has 0 unspecified atom stereocenters. The van der Waals surface area contributed by atoms with Crippen LogP contribution in [-0.4, -0.2) is 93.1 Å². The molecule has 0 bridgehead atoms. The SMILES string of the molecule is CCN1C(=O)[C@]2(C(=C(O)c3cccc(S(=O)(=O)N(C)C)c3)C(=O)C(=O)N2CCCN(C)C)c2ccccc21. The Balaban J connectivity index is 2.01. The first-order chi connectivity index (χ1) is 17.9. The Bertz CT molecular complexity index is 1450. The first-order valence-electron chi connectivity index (χ1n) is 12.3. The summed E-state index contributed by atoms with van der Waals surface area (Å²) in [5.74, 6) is -2.99. The zero-order chi connectivity index (χ0) is 28.0. The minimum Gasteiger partial charge on any atom is -0.507 e. The topological polar surface area (TPSA) is 119 Å². The smallest absolute Gasteiger partial charge is 0.296 e. The molecule has 1 spiro atoms. The van der Waals surface area contributed by atoms with Gasteiger partial charge in [0.05, 0.1) is 16.2 Å². The number of aliphatic hydroxyl groups is 1. The van der Waals surface area contributed by atoms with Crippen LogP contribution in [-0.2, 0) is 29.9 Å². The predicted molar refractivity (Wildman–Crippen MR) is 143 cm³/mol. The van der Waals surface area contributed by atoms with Crippen LogP contribution in [0.2, 0.25) is 0 Å². The molecule has 2 aliphatic rings. The van der Waals surface area contributed by atoms with Crippen LogP contribution in [0, 0.1) is 0 Å². The number of carbonyl (C=O) groups is 3. The van der Waals surface area contributed by atoms with Crippen molar-refractivity contribution >= 4 is 39.1 Å². The highest BCUT2D eigenvalue weighted by atomic mass is 32.2. The van der Waals surface area contributed by atoms with Gasteiger partial charge in [-0.2, -0.15) is 0 Å². The number of aliphatic hydroxyl groups excluding tert-OH is 1. The number of ketones is 1. The highest BCUT2D eigenvalue weighted by Crippen LogP contribution is 2.53. The van der Waals surface area contributed by atoms with Crippen molar-refractivity contribution in [1.29, 1.82) is 0 Å². The molecule has 10 nitrogen and oxygen atoms in total. The summed E-state index contributed by atoms with van der Waals surface area (Å²) in [6.07, 6.45) is 0.486. The van der Waals surface area contributed by atoms with E-state index in [1.54, 1.807) is 31.2 Å². The van der Waals surface area contributed by atoms with E-state index in [0.29, 0.717) is 24.2 Å². The van der Waals surface area contributed by atoms with Crippen molar-refractivity contribution in [3.63, 3.8) is 0 Å². The third-order valence-electron chi connectivity index (χ3n) is 7.00. The van der Waals surface area contributed by atoms with Crippen molar-refractivity contribution in [1.82, 2.24) is 14.1 Å². The second-order valence-corrected chi connectivity index (χ2v) is 11.9. The minimum absolute atomic E-state index is 0.0128. The van der Waals surface area contributed by atoms with E-state index in [4.69, 9.17) is 0 Å². The molecule has 1 atom stereocenters. The first-order valence-corrected chi connectivity index (χ1v) is 13.7. The lowest BCUT2D eigenvalue weighted by atomic mass is 9.82. The average molecular weight is 541 g/mol. The Morgan fingerprint density at radius 2 is 1.68 bits per heavy atom. The molecule has 38 heavy (non-hydrogen) atoms. The van der Waals surface area contributed by atoms with Gasteiger partial charge in [0.2, 0.25) is 10.0 Å². The summed E-state index contributed by atoms with van der Waals surface area (Å²) in [6, 6.07) is 12.4. The molecule has 0 saturated carbocycles. The highest BCUT2D eigenvalue weighted by Gasteiger charge is 2.66. The molecule has 0 aliphatic carbocycles. The van der Waals surface area contributed by atoms with Crippen molar-refractivity contribution in [2.24, 2.45) is 0 Å². The van der Waals surface area contributed by atoms with Gasteiger partial charge >= 0.3 is 0 Å². The molecule has 0 aromatic heterocycles. The lowest BCUT2D eigenvalue weighted by Gasteiger charge is -2.34. The van der Waals surface area contributed by atoms with Gasteiger partial charge in [0.25, 0.3) is 17.6 Å². The molecule has 2 aliphatic heterocycles. The number of fused-ring (bicyclic) bond motifs is 2. The van der Waals surface area contributed by atoms with Gasteiger partial charge in [0, 0.05) is 38.3 Å². The number of carbonyl (C=O) groups excluding carboxylic acids is 3. The maximum Gasteiger partial charge on any atom is 0.296 e. The number of hydrogen-bond acceptors (Lipinski definition) is 7. The highest BCUT2D eigenvalue weighted by molar-refractivity contribution is 7.89. The van der Waals surface area contributed by atoms with Crippen molar-refractivity contribution in [2.75, 3.05) is 52.7 Å². The summed E-state index contributed by atoms with van der Waals surface area (Å²) in [5.41, 5.74) is -1.24. The fraction of sp³-hybridized carbons (Fsp3) is 0.370. The Kier molecular flexibility index (Phi) is 7.21. The maximum atomic E-state index is 14.2. The van der Waals surface area contributed by atoms with Gasteiger partial charge < -0.3 is 19.8 Å². The summed E-state index contributed by atoms with van der Waals surface area (Å²) in [5, 5.41) is 11.6. The number of amides is 2. The van der Waals surface area contributed by atoms with Crippen LogP contribution >= 0.6 is 0 Å². The molecule has 202 valence electrons. The molecule has 0 radical (unpaired) electrons. The van der Waals surface area contributed by atoms with Gasteiger partial charge in [-0.1, -0.05) is 30.3 Å². The number of benzene rings is 2. The van der Waals surface area contributed by atoms with Gasteiger partial charge in [0.15, 0.2) is 5.54 Å². The van der Waals surface area contributed by atoms with E-state index in [1.807, 2.05) is 19.0 Å². The Hall–Kier alpha value is -3.54. The summed E-state index contributed by atoms with van der Waals surface area (Å²) in [4.78, 5) is 45.9. The molecule has 1 N–H and O–H groups in total. The van der Waals surface area contributed by atoms with Gasteiger partial charge in [0.1, 0.15) is 5.76 Å². The average Bonchev–Trinajstić information content (AvgIpc) is 3.26. The van der Waals surface area contributed by atoms with E-state index in [1.165, 1.54) is 48.2 Å². The third-order valence-corrected chi connectivity index (χ3v) is 8.81. The zero-order valence-electron chi connectivity index (χ0n) is 22.1. The largest absolute Gasteiger partial charge is 0.507 e. The third kappa shape index (κ3) is 4.01. The monoisotopic (exact) mass is 540 g/mol. The van der Waals surface area contributed by atoms with Gasteiger partial charge in [-0.15, -0.1) is 0 Å². The van der Waals surface area contributed by atoms with Crippen molar-refractivity contribution in [2.45, 2.75) is 23.8 Å². The van der Waals surface area contributed by atoms with Gasteiger partial charge in [-0.25, -0.2) is 12.7 Å². The van der Waals surface area contributed by atoms with Crippen molar-refractivity contribution in [3.8, 4) is 0 Å². The molecule has 2 aromatic carbocycles. The first kappa shape index (κ1) is 27.5. The predicted octanol–water partition coefficient (Wildman–Crippen LogP) is 1.83. The van der Waals surface area contributed by atoms with Crippen LogP contribution in [0.1, 0.15) is 24.5 Å². The van der Waals surface area contributed by atoms with E-state index < -0.39 is 38.9 Å². The Morgan fingerprint density at radius 3 is 2.32 bits per heavy atom. The van der Waals surface area contributed by atoms with Crippen LogP contribution in [0.3, 0.4) is 0 Å². The van der Waals surface area contributed by atoms with Gasteiger partial charge in [-0.3, -0.25) is 14.4 Å². The molecule has 1 fully saturated rings. The molecule has 4 rings (SSSR count). The van der Waals surface area contributed by atoms with Crippen LogP contribution in [0.15, 0.2) is 59.0 Å². The Labute approximate surface area is 222 Å². The van der Waals surface area contributed by atoms with Crippen molar-refractivity contribution < 1.29 is 27.9 Å². The molecule has 2 heterocycles.